The third-order valence-corrected chi connectivity index (χ3v) is 1.11. The lowest BCUT2D eigenvalue weighted by Crippen LogP contribution is -2.13. The zero-order valence-electron chi connectivity index (χ0n) is 5.77. The van der Waals surface area contributed by atoms with E-state index in [4.69, 9.17) is 0 Å². The maximum Gasteiger partial charge on any atom is 0.0970 e. The van der Waals surface area contributed by atoms with E-state index in [1.54, 1.807) is 0 Å². The molecule has 0 aliphatic heterocycles. The van der Waals surface area contributed by atoms with E-state index in [0.29, 0.717) is 0 Å². The summed E-state index contributed by atoms with van der Waals surface area (Å²) in [6.07, 6.45) is 1.91. The molecule has 8 heavy (non-hydrogen) atoms. The fourth-order valence-electron chi connectivity index (χ4n) is 0.657. The topological polar surface area (TPSA) is 29.4 Å². The Balaban J connectivity index is 3.53. The zero-order valence-corrected chi connectivity index (χ0v) is 5.77. The maximum atomic E-state index is 9.97. The van der Waals surface area contributed by atoms with Crippen molar-refractivity contribution in [1.29, 1.82) is 0 Å². The Hall–Kier alpha value is -0.400. The SMILES string of the molecule is CCCC(C)(C)N=O. The van der Waals surface area contributed by atoms with E-state index in [1.165, 1.54) is 0 Å². The molecule has 0 bridgehead atoms. The van der Waals surface area contributed by atoms with Crippen LogP contribution in [0.5, 0.6) is 0 Å². The molecule has 2 heteroatoms. The lowest BCUT2D eigenvalue weighted by atomic mass is 10.0. The highest BCUT2D eigenvalue weighted by atomic mass is 16.3. The molecule has 0 spiro atoms. The number of nitroso groups, excluding NO2 is 1. The molecule has 2 nitrogen and oxygen atoms in total. The normalized spacial score (nSPS) is 11.4. The van der Waals surface area contributed by atoms with Crippen molar-refractivity contribution < 1.29 is 0 Å². The summed E-state index contributed by atoms with van der Waals surface area (Å²) in [6, 6.07) is 0. The van der Waals surface area contributed by atoms with Crippen LogP contribution in [-0.2, 0) is 0 Å². The van der Waals surface area contributed by atoms with Gasteiger partial charge in [-0.15, -0.1) is 0 Å². The Labute approximate surface area is 50.3 Å². The molecule has 0 aliphatic carbocycles. The maximum absolute atomic E-state index is 9.97. The molecule has 0 heterocycles. The number of hydrogen-bond donors (Lipinski definition) is 0. The Bertz CT molecular complexity index is 78.6. The van der Waals surface area contributed by atoms with E-state index in [2.05, 4.69) is 5.18 Å². The third kappa shape index (κ3) is 2.72. The average molecular weight is 115 g/mol. The smallest absolute Gasteiger partial charge is 0.0970 e. The van der Waals surface area contributed by atoms with Gasteiger partial charge < -0.3 is 0 Å². The zero-order chi connectivity index (χ0) is 6.62. The Morgan fingerprint density at radius 1 is 1.50 bits per heavy atom. The van der Waals surface area contributed by atoms with Gasteiger partial charge in [-0.05, 0) is 20.3 Å². The molecule has 0 radical (unpaired) electrons. The first-order valence-corrected chi connectivity index (χ1v) is 2.97. The van der Waals surface area contributed by atoms with Crippen molar-refractivity contribution in [3.05, 3.63) is 4.91 Å². The molecule has 0 rings (SSSR count). The first-order valence-electron chi connectivity index (χ1n) is 2.97. The van der Waals surface area contributed by atoms with Crippen molar-refractivity contribution in [2.45, 2.75) is 39.2 Å². The minimum Gasteiger partial charge on any atom is -0.150 e. The molecule has 0 fully saturated rings. The lowest BCUT2D eigenvalue weighted by Gasteiger charge is -2.11. The molecule has 0 aromatic heterocycles. The molecule has 0 N–H and O–H groups in total. The van der Waals surface area contributed by atoms with Crippen LogP contribution in [-0.4, -0.2) is 5.54 Å². The van der Waals surface area contributed by atoms with Crippen molar-refractivity contribution in [3.8, 4) is 0 Å². The molecule has 0 aliphatic rings. The first kappa shape index (κ1) is 7.60. The van der Waals surface area contributed by atoms with E-state index >= 15 is 0 Å². The van der Waals surface area contributed by atoms with E-state index in [1.807, 2.05) is 20.8 Å². The predicted octanol–water partition coefficient (Wildman–Crippen LogP) is 2.33. The molecule has 0 amide bonds. The summed E-state index contributed by atoms with van der Waals surface area (Å²) in [7, 11) is 0. The highest BCUT2D eigenvalue weighted by Gasteiger charge is 2.15. The highest BCUT2D eigenvalue weighted by Crippen LogP contribution is 2.14. The summed E-state index contributed by atoms with van der Waals surface area (Å²) < 4.78 is 0. The number of nitrogens with zero attached hydrogens (tertiary/aromatic N) is 1. The molecule has 0 aromatic rings. The van der Waals surface area contributed by atoms with Gasteiger partial charge in [0.05, 0.1) is 5.54 Å². The summed E-state index contributed by atoms with van der Waals surface area (Å²) in [4.78, 5) is 9.97. The molecular weight excluding hydrogens is 102 g/mol. The van der Waals surface area contributed by atoms with Crippen molar-refractivity contribution in [2.24, 2.45) is 5.18 Å². The molecule has 0 aromatic carbocycles. The van der Waals surface area contributed by atoms with Gasteiger partial charge in [0, 0.05) is 0 Å². The van der Waals surface area contributed by atoms with Gasteiger partial charge in [0.15, 0.2) is 0 Å². The van der Waals surface area contributed by atoms with Gasteiger partial charge in [-0.3, -0.25) is 0 Å². The van der Waals surface area contributed by atoms with E-state index in [9.17, 15) is 4.91 Å². The van der Waals surface area contributed by atoms with E-state index < -0.39 is 0 Å². The number of rotatable bonds is 3. The third-order valence-electron chi connectivity index (χ3n) is 1.11. The molecule has 0 unspecified atom stereocenters. The minimum atomic E-state index is -0.339. The van der Waals surface area contributed by atoms with Crippen LogP contribution in [0, 0.1) is 4.91 Å². The summed E-state index contributed by atoms with van der Waals surface area (Å²) in [5, 5.41) is 2.96. The van der Waals surface area contributed by atoms with Crippen LogP contribution in [0.4, 0.5) is 0 Å². The molecule has 0 atom stereocenters. The summed E-state index contributed by atoms with van der Waals surface area (Å²) in [6.45, 7) is 5.75. The van der Waals surface area contributed by atoms with Crippen molar-refractivity contribution >= 4 is 0 Å². The molecule has 0 saturated carbocycles. The average Bonchev–Trinajstić information content (AvgIpc) is 1.67. The second-order valence-electron chi connectivity index (χ2n) is 2.65. The van der Waals surface area contributed by atoms with Gasteiger partial charge in [-0.25, -0.2) is 0 Å². The predicted molar refractivity (Wildman–Crippen MR) is 34.8 cm³/mol. The van der Waals surface area contributed by atoms with Gasteiger partial charge in [-0.1, -0.05) is 18.5 Å². The van der Waals surface area contributed by atoms with E-state index in [-0.39, 0.29) is 5.54 Å². The largest absolute Gasteiger partial charge is 0.150 e. The minimum absolute atomic E-state index is 0.339. The Morgan fingerprint density at radius 2 is 2.00 bits per heavy atom. The molecule has 48 valence electrons. The van der Waals surface area contributed by atoms with Crippen molar-refractivity contribution in [2.75, 3.05) is 0 Å². The second-order valence-corrected chi connectivity index (χ2v) is 2.65. The molecule has 0 saturated heterocycles. The van der Waals surface area contributed by atoms with Crippen molar-refractivity contribution in [1.82, 2.24) is 0 Å². The van der Waals surface area contributed by atoms with Gasteiger partial charge in [0.2, 0.25) is 0 Å². The fraction of sp³-hybridized carbons (Fsp3) is 1.00. The first-order chi connectivity index (χ1) is 3.62. The number of hydrogen-bond acceptors (Lipinski definition) is 2. The second kappa shape index (κ2) is 2.80. The van der Waals surface area contributed by atoms with Crippen molar-refractivity contribution in [3.63, 3.8) is 0 Å². The van der Waals surface area contributed by atoms with Gasteiger partial charge >= 0.3 is 0 Å². The monoisotopic (exact) mass is 115 g/mol. The van der Waals surface area contributed by atoms with Crippen LogP contribution in [0.25, 0.3) is 0 Å². The summed E-state index contributed by atoms with van der Waals surface area (Å²) in [5.74, 6) is 0. The summed E-state index contributed by atoms with van der Waals surface area (Å²) in [5.41, 5.74) is -0.339. The van der Waals surface area contributed by atoms with Crippen LogP contribution in [0.2, 0.25) is 0 Å². The standard InChI is InChI=1S/C6H13NO/c1-4-5-6(2,3)7-8/h4-5H2,1-3H3. The van der Waals surface area contributed by atoms with Gasteiger partial charge in [0.25, 0.3) is 0 Å². The Kier molecular flexibility index (Phi) is 2.66. The fourth-order valence-corrected chi connectivity index (χ4v) is 0.657. The van der Waals surface area contributed by atoms with Crippen LogP contribution in [0.1, 0.15) is 33.6 Å². The van der Waals surface area contributed by atoms with Crippen LogP contribution in [0.3, 0.4) is 0 Å². The molecular formula is C6H13NO. The lowest BCUT2D eigenvalue weighted by molar-refractivity contribution is 0.469. The summed E-state index contributed by atoms with van der Waals surface area (Å²) >= 11 is 0. The van der Waals surface area contributed by atoms with Crippen LogP contribution < -0.4 is 0 Å². The van der Waals surface area contributed by atoms with Crippen LogP contribution in [0.15, 0.2) is 5.18 Å². The quantitative estimate of drug-likeness (QED) is 0.519. The van der Waals surface area contributed by atoms with Gasteiger partial charge in [0.1, 0.15) is 0 Å². The van der Waals surface area contributed by atoms with Crippen LogP contribution >= 0.6 is 0 Å². The Morgan fingerprint density at radius 3 is 2.12 bits per heavy atom. The van der Waals surface area contributed by atoms with E-state index in [0.717, 1.165) is 12.8 Å². The highest BCUT2D eigenvalue weighted by molar-refractivity contribution is 4.74. The van der Waals surface area contributed by atoms with Gasteiger partial charge in [-0.2, -0.15) is 4.91 Å².